The molecule has 0 saturated carbocycles. The van der Waals surface area contributed by atoms with Gasteiger partial charge in [0.2, 0.25) is 0 Å². The summed E-state index contributed by atoms with van der Waals surface area (Å²) in [5.74, 6) is 0. The highest BCUT2D eigenvalue weighted by molar-refractivity contribution is 5.77. The molecule has 3 N–H and O–H groups in total. The molecular weight excluding hydrogens is 208 g/mol. The minimum absolute atomic E-state index is 0.133. The zero-order chi connectivity index (χ0) is 11.5. The van der Waals surface area contributed by atoms with Crippen LogP contribution in [-0.2, 0) is 0 Å². The quantitative estimate of drug-likeness (QED) is 0.685. The Balaban J connectivity index is 2.29. The molecule has 0 spiro atoms. The summed E-state index contributed by atoms with van der Waals surface area (Å²) in [4.78, 5) is 3.99. The number of nitrogens with one attached hydrogen (secondary N) is 1. The summed E-state index contributed by atoms with van der Waals surface area (Å²) in [6.45, 7) is 0. The summed E-state index contributed by atoms with van der Waals surface area (Å²) >= 11 is 0. The van der Waals surface area contributed by atoms with Crippen LogP contribution in [0.3, 0.4) is 0 Å². The molecule has 0 aliphatic heterocycles. The Bertz CT molecular complexity index is 531. The predicted octanol–water partition coefficient (Wildman–Crippen LogP) is 0.266. The van der Waals surface area contributed by atoms with Crippen molar-refractivity contribution in [1.29, 1.82) is 5.26 Å². The van der Waals surface area contributed by atoms with Crippen LogP contribution in [0, 0.1) is 11.3 Å². The molecule has 2 unspecified atom stereocenters. The largest absolute Gasteiger partial charge is 0.389 e. The van der Waals surface area contributed by atoms with Crippen LogP contribution in [0.2, 0.25) is 0 Å². The van der Waals surface area contributed by atoms with Gasteiger partial charge in [-0.2, -0.15) is 10.4 Å². The van der Waals surface area contributed by atoms with Crippen LogP contribution in [0.15, 0.2) is 18.5 Å². The Hall–Kier alpha value is -1.97. The lowest BCUT2D eigenvalue weighted by molar-refractivity contribution is 0.0191. The Morgan fingerprint density at radius 2 is 2.25 bits per heavy atom. The third-order valence-corrected chi connectivity index (χ3v) is 2.31. The summed E-state index contributed by atoms with van der Waals surface area (Å²) in [6.07, 6.45) is 0.719. The zero-order valence-electron chi connectivity index (χ0n) is 8.33. The maximum atomic E-state index is 9.72. The van der Waals surface area contributed by atoms with Crippen molar-refractivity contribution < 1.29 is 10.2 Å². The van der Waals surface area contributed by atoms with Crippen LogP contribution in [0.1, 0.15) is 18.2 Å². The molecular formula is C10H10N4O2. The van der Waals surface area contributed by atoms with Crippen LogP contribution in [0.5, 0.6) is 0 Å². The third kappa shape index (κ3) is 1.86. The normalized spacial score (nSPS) is 14.6. The highest BCUT2D eigenvalue weighted by atomic mass is 16.3. The van der Waals surface area contributed by atoms with Gasteiger partial charge in [-0.25, -0.2) is 0 Å². The Morgan fingerprint density at radius 3 is 3.00 bits per heavy atom. The molecule has 2 heterocycles. The summed E-state index contributed by atoms with van der Waals surface area (Å²) in [5.41, 5.74) is 1.09. The number of hydrogen-bond acceptors (Lipinski definition) is 5. The molecule has 0 aliphatic rings. The number of pyridine rings is 1. The monoisotopic (exact) mass is 218 g/mol. The van der Waals surface area contributed by atoms with Crippen molar-refractivity contribution >= 4 is 10.9 Å². The van der Waals surface area contributed by atoms with Crippen molar-refractivity contribution in [2.75, 3.05) is 0 Å². The molecule has 16 heavy (non-hydrogen) atoms. The van der Waals surface area contributed by atoms with Gasteiger partial charge in [0.15, 0.2) is 0 Å². The van der Waals surface area contributed by atoms with Gasteiger partial charge in [-0.1, -0.05) is 0 Å². The molecule has 2 aromatic heterocycles. The highest BCUT2D eigenvalue weighted by Gasteiger charge is 2.19. The number of aliphatic hydroxyl groups is 2. The van der Waals surface area contributed by atoms with Gasteiger partial charge in [-0.05, 0) is 6.07 Å². The molecule has 6 nitrogen and oxygen atoms in total. The SMILES string of the molecule is N#CCC(O)C(O)c1cc2cn[nH]c2cn1. The van der Waals surface area contributed by atoms with E-state index in [2.05, 4.69) is 15.2 Å². The lowest BCUT2D eigenvalue weighted by Gasteiger charge is -2.14. The molecule has 0 bridgehead atoms. The average molecular weight is 218 g/mol. The van der Waals surface area contributed by atoms with Crippen LogP contribution in [0.4, 0.5) is 0 Å². The second-order valence-electron chi connectivity index (χ2n) is 3.44. The number of rotatable bonds is 3. The summed E-state index contributed by atoms with van der Waals surface area (Å²) < 4.78 is 0. The van der Waals surface area contributed by atoms with Gasteiger partial charge in [0.1, 0.15) is 6.10 Å². The number of aromatic amines is 1. The van der Waals surface area contributed by atoms with Crippen LogP contribution < -0.4 is 0 Å². The lowest BCUT2D eigenvalue weighted by Crippen LogP contribution is -2.18. The molecule has 0 radical (unpaired) electrons. The maximum absolute atomic E-state index is 9.72. The number of nitrogens with zero attached hydrogens (tertiary/aromatic N) is 3. The Kier molecular flexibility index (Phi) is 2.81. The number of hydrogen-bond donors (Lipinski definition) is 3. The molecule has 2 atom stereocenters. The Morgan fingerprint density at radius 1 is 1.44 bits per heavy atom. The number of aliphatic hydroxyl groups excluding tert-OH is 2. The zero-order valence-corrected chi connectivity index (χ0v) is 8.33. The van der Waals surface area contributed by atoms with Gasteiger partial charge in [0.05, 0.1) is 42.2 Å². The number of fused-ring (bicyclic) bond motifs is 1. The lowest BCUT2D eigenvalue weighted by atomic mass is 10.1. The predicted molar refractivity (Wildman–Crippen MR) is 55.1 cm³/mol. The minimum Gasteiger partial charge on any atom is -0.389 e. The fourth-order valence-electron chi connectivity index (χ4n) is 1.42. The van der Waals surface area contributed by atoms with Gasteiger partial charge in [-0.3, -0.25) is 10.1 Å². The first-order valence-corrected chi connectivity index (χ1v) is 4.74. The molecule has 0 saturated heterocycles. The van der Waals surface area contributed by atoms with E-state index in [1.807, 2.05) is 0 Å². The van der Waals surface area contributed by atoms with Crippen LogP contribution in [0.25, 0.3) is 10.9 Å². The van der Waals surface area contributed by atoms with E-state index in [9.17, 15) is 10.2 Å². The second kappa shape index (κ2) is 4.26. The topological polar surface area (TPSA) is 106 Å². The average Bonchev–Trinajstić information content (AvgIpc) is 2.75. The fourth-order valence-corrected chi connectivity index (χ4v) is 1.42. The Labute approximate surface area is 91.2 Å². The van der Waals surface area contributed by atoms with Crippen LogP contribution >= 0.6 is 0 Å². The second-order valence-corrected chi connectivity index (χ2v) is 3.44. The first-order chi connectivity index (χ1) is 7.72. The molecule has 2 rings (SSSR count). The van der Waals surface area contributed by atoms with Gasteiger partial charge in [0, 0.05) is 5.39 Å². The maximum Gasteiger partial charge on any atom is 0.123 e. The van der Waals surface area contributed by atoms with E-state index < -0.39 is 12.2 Å². The number of aromatic nitrogens is 3. The van der Waals surface area contributed by atoms with E-state index in [1.165, 1.54) is 6.20 Å². The summed E-state index contributed by atoms with van der Waals surface area (Å²) in [7, 11) is 0. The van der Waals surface area contributed by atoms with Crippen molar-refractivity contribution in [3.63, 3.8) is 0 Å². The number of H-pyrrole nitrogens is 1. The summed E-state index contributed by atoms with van der Waals surface area (Å²) in [6, 6.07) is 3.42. The minimum atomic E-state index is -1.15. The fraction of sp³-hybridized carbons (Fsp3) is 0.300. The molecule has 82 valence electrons. The third-order valence-electron chi connectivity index (χ3n) is 2.31. The molecule has 0 amide bonds. The van der Waals surface area contributed by atoms with Crippen molar-refractivity contribution in [2.24, 2.45) is 0 Å². The smallest absolute Gasteiger partial charge is 0.123 e. The molecule has 0 fully saturated rings. The summed E-state index contributed by atoms with van der Waals surface area (Å²) in [5, 5.41) is 34.9. The van der Waals surface area contributed by atoms with Crippen molar-refractivity contribution in [1.82, 2.24) is 15.2 Å². The van der Waals surface area contributed by atoms with E-state index in [0.29, 0.717) is 5.69 Å². The first kappa shape index (κ1) is 10.5. The highest BCUT2D eigenvalue weighted by Crippen LogP contribution is 2.19. The van der Waals surface area contributed by atoms with Crippen LogP contribution in [-0.4, -0.2) is 31.5 Å². The van der Waals surface area contributed by atoms with Gasteiger partial charge in [-0.15, -0.1) is 0 Å². The molecule has 6 heteroatoms. The number of nitriles is 1. The first-order valence-electron chi connectivity index (χ1n) is 4.74. The molecule has 0 aliphatic carbocycles. The van der Waals surface area contributed by atoms with Crippen molar-refractivity contribution in [3.05, 3.63) is 24.2 Å². The molecule has 0 aromatic carbocycles. The van der Waals surface area contributed by atoms with E-state index in [-0.39, 0.29) is 6.42 Å². The van der Waals surface area contributed by atoms with Gasteiger partial charge in [0.25, 0.3) is 0 Å². The van der Waals surface area contributed by atoms with E-state index in [4.69, 9.17) is 5.26 Å². The van der Waals surface area contributed by atoms with Crippen molar-refractivity contribution in [2.45, 2.75) is 18.6 Å². The van der Waals surface area contributed by atoms with E-state index in [0.717, 1.165) is 10.9 Å². The molecule has 2 aromatic rings. The van der Waals surface area contributed by atoms with Crippen molar-refractivity contribution in [3.8, 4) is 6.07 Å². The van der Waals surface area contributed by atoms with E-state index >= 15 is 0 Å². The van der Waals surface area contributed by atoms with Gasteiger partial charge >= 0.3 is 0 Å². The van der Waals surface area contributed by atoms with Gasteiger partial charge < -0.3 is 10.2 Å². The van der Waals surface area contributed by atoms with E-state index in [1.54, 1.807) is 18.3 Å². The standard InChI is InChI=1S/C10H10N4O2/c11-2-1-9(15)10(16)7-3-6-4-13-14-8(6)5-12-7/h3-5,9-10,15-16H,1H2,(H,13,14).